The molecule has 0 bridgehead atoms. The van der Waals surface area contributed by atoms with Gasteiger partial charge in [0.1, 0.15) is 11.6 Å². The van der Waals surface area contributed by atoms with E-state index in [1.54, 1.807) is 24.4 Å². The van der Waals surface area contributed by atoms with E-state index in [0.717, 1.165) is 5.56 Å². The quantitative estimate of drug-likeness (QED) is 0.947. The Morgan fingerprint density at radius 2 is 2.09 bits per heavy atom. The summed E-state index contributed by atoms with van der Waals surface area (Å²) >= 11 is 0. The molecule has 3 rings (SSSR count). The maximum absolute atomic E-state index is 13.8. The molecule has 5 nitrogen and oxygen atoms in total. The highest BCUT2D eigenvalue weighted by Crippen LogP contribution is 2.28. The zero-order valence-electron chi connectivity index (χ0n) is 12.6. The van der Waals surface area contributed by atoms with Crippen LogP contribution in [0.5, 0.6) is 0 Å². The lowest BCUT2D eigenvalue weighted by Crippen LogP contribution is -2.29. The predicted octanol–water partition coefficient (Wildman–Crippen LogP) is 2.52. The number of hydrogen-bond donors (Lipinski definition) is 1. The van der Waals surface area contributed by atoms with Gasteiger partial charge < -0.3 is 10.2 Å². The number of nitrogens with one attached hydrogen (secondary N) is 1. The van der Waals surface area contributed by atoms with Gasteiger partial charge in [-0.2, -0.15) is 0 Å². The molecule has 0 saturated carbocycles. The van der Waals surface area contributed by atoms with Gasteiger partial charge in [0.15, 0.2) is 0 Å². The van der Waals surface area contributed by atoms with E-state index in [1.807, 2.05) is 13.0 Å². The van der Waals surface area contributed by atoms with Crippen LogP contribution < -0.4 is 10.2 Å². The highest BCUT2D eigenvalue weighted by Gasteiger charge is 2.36. The summed E-state index contributed by atoms with van der Waals surface area (Å²) in [4.78, 5) is 29.9. The van der Waals surface area contributed by atoms with E-state index in [0.29, 0.717) is 5.82 Å². The summed E-state index contributed by atoms with van der Waals surface area (Å²) in [6.45, 7) is 2.01. The Morgan fingerprint density at radius 1 is 1.30 bits per heavy atom. The van der Waals surface area contributed by atoms with Gasteiger partial charge in [-0.25, -0.2) is 9.37 Å². The van der Waals surface area contributed by atoms with Crippen molar-refractivity contribution in [2.45, 2.75) is 13.3 Å². The Bertz CT molecular complexity index is 763. The number of anilines is 2. The average molecular weight is 313 g/mol. The minimum Gasteiger partial charge on any atom is -0.310 e. The van der Waals surface area contributed by atoms with Gasteiger partial charge in [0.2, 0.25) is 11.8 Å². The first kappa shape index (κ1) is 15.1. The van der Waals surface area contributed by atoms with E-state index in [2.05, 4.69) is 10.3 Å². The van der Waals surface area contributed by atoms with E-state index in [4.69, 9.17) is 0 Å². The fourth-order valence-corrected chi connectivity index (χ4v) is 2.62. The van der Waals surface area contributed by atoms with Crippen molar-refractivity contribution in [3.63, 3.8) is 0 Å². The first-order valence-electron chi connectivity index (χ1n) is 7.33. The Morgan fingerprint density at radius 3 is 2.83 bits per heavy atom. The largest absolute Gasteiger partial charge is 0.310 e. The molecule has 118 valence electrons. The summed E-state index contributed by atoms with van der Waals surface area (Å²) in [5.74, 6) is -1.05. The van der Waals surface area contributed by atoms with Crippen molar-refractivity contribution in [3.05, 3.63) is 54.0 Å². The van der Waals surface area contributed by atoms with Crippen molar-refractivity contribution in [1.29, 1.82) is 0 Å². The summed E-state index contributed by atoms with van der Waals surface area (Å²) < 4.78 is 13.8. The van der Waals surface area contributed by atoms with Gasteiger partial charge in [-0.3, -0.25) is 9.59 Å². The SMILES string of the molecule is Cc1cccnc1NC(=O)[C@H]1CC(=O)N(c2ccccc2F)C1. The third-order valence-electron chi connectivity index (χ3n) is 3.89. The van der Waals surface area contributed by atoms with E-state index >= 15 is 0 Å². The standard InChI is InChI=1S/C17H16FN3O2/c1-11-5-4-8-19-16(11)20-17(23)12-9-15(22)21(10-12)14-7-3-2-6-13(14)18/h2-8,12H,9-10H2,1H3,(H,19,20,23)/t12-/m0/s1. The minimum atomic E-state index is -0.525. The van der Waals surface area contributed by atoms with Crippen LogP contribution >= 0.6 is 0 Å². The minimum absolute atomic E-state index is 0.0616. The van der Waals surface area contributed by atoms with E-state index in [-0.39, 0.29) is 30.5 Å². The molecule has 0 spiro atoms. The highest BCUT2D eigenvalue weighted by molar-refractivity contribution is 6.03. The number of aromatic nitrogens is 1. The van der Waals surface area contributed by atoms with Crippen LogP contribution in [0.25, 0.3) is 0 Å². The summed E-state index contributed by atoms with van der Waals surface area (Å²) in [6.07, 6.45) is 1.65. The van der Waals surface area contributed by atoms with Crippen molar-refractivity contribution < 1.29 is 14.0 Å². The zero-order valence-corrected chi connectivity index (χ0v) is 12.6. The highest BCUT2D eigenvalue weighted by atomic mass is 19.1. The number of para-hydroxylation sites is 1. The monoisotopic (exact) mass is 313 g/mol. The number of halogens is 1. The summed E-state index contributed by atoms with van der Waals surface area (Å²) in [7, 11) is 0. The van der Waals surface area contributed by atoms with Gasteiger partial charge >= 0.3 is 0 Å². The molecule has 1 aliphatic rings. The van der Waals surface area contributed by atoms with Crippen LogP contribution in [0.3, 0.4) is 0 Å². The second-order valence-corrected chi connectivity index (χ2v) is 5.51. The average Bonchev–Trinajstić information content (AvgIpc) is 2.92. The Hall–Kier alpha value is -2.76. The van der Waals surface area contributed by atoms with Crippen molar-refractivity contribution >= 4 is 23.3 Å². The summed E-state index contributed by atoms with van der Waals surface area (Å²) in [5, 5.41) is 2.74. The maximum Gasteiger partial charge on any atom is 0.230 e. The second kappa shape index (κ2) is 6.16. The molecule has 0 aliphatic carbocycles. The molecular formula is C17H16FN3O2. The molecule has 1 aliphatic heterocycles. The third-order valence-corrected chi connectivity index (χ3v) is 3.89. The molecule has 0 unspecified atom stereocenters. The third kappa shape index (κ3) is 3.06. The van der Waals surface area contributed by atoms with Crippen LogP contribution in [-0.2, 0) is 9.59 Å². The number of hydrogen-bond acceptors (Lipinski definition) is 3. The normalized spacial score (nSPS) is 17.4. The molecule has 1 atom stereocenters. The van der Waals surface area contributed by atoms with Crippen LogP contribution in [0.2, 0.25) is 0 Å². The number of pyridine rings is 1. The van der Waals surface area contributed by atoms with Crippen LogP contribution in [0.1, 0.15) is 12.0 Å². The van der Waals surface area contributed by atoms with Crippen LogP contribution in [0, 0.1) is 18.7 Å². The van der Waals surface area contributed by atoms with Crippen molar-refractivity contribution in [1.82, 2.24) is 4.98 Å². The maximum atomic E-state index is 13.8. The Labute approximate surface area is 133 Å². The topological polar surface area (TPSA) is 62.3 Å². The molecule has 1 saturated heterocycles. The number of carbonyl (C=O) groups is 2. The van der Waals surface area contributed by atoms with E-state index < -0.39 is 11.7 Å². The molecule has 2 aromatic rings. The fraction of sp³-hybridized carbons (Fsp3) is 0.235. The predicted molar refractivity (Wildman–Crippen MR) is 84.5 cm³/mol. The fourth-order valence-electron chi connectivity index (χ4n) is 2.62. The molecule has 1 aromatic heterocycles. The first-order valence-corrected chi connectivity index (χ1v) is 7.33. The smallest absolute Gasteiger partial charge is 0.230 e. The molecule has 1 fully saturated rings. The molecule has 2 amide bonds. The molecular weight excluding hydrogens is 297 g/mol. The van der Waals surface area contributed by atoms with Gasteiger partial charge in [-0.15, -0.1) is 0 Å². The number of aryl methyl sites for hydroxylation is 1. The number of benzene rings is 1. The van der Waals surface area contributed by atoms with E-state index in [1.165, 1.54) is 17.0 Å². The number of amides is 2. The number of rotatable bonds is 3. The lowest BCUT2D eigenvalue weighted by atomic mass is 10.1. The molecule has 2 heterocycles. The number of carbonyl (C=O) groups excluding carboxylic acids is 2. The second-order valence-electron chi connectivity index (χ2n) is 5.51. The summed E-state index contributed by atoms with van der Waals surface area (Å²) in [5.41, 5.74) is 1.05. The van der Waals surface area contributed by atoms with Crippen molar-refractivity contribution in [2.24, 2.45) is 5.92 Å². The van der Waals surface area contributed by atoms with Crippen molar-refractivity contribution in [3.8, 4) is 0 Å². The Kier molecular flexibility index (Phi) is 4.06. The van der Waals surface area contributed by atoms with Crippen LogP contribution in [-0.4, -0.2) is 23.3 Å². The molecule has 1 aromatic carbocycles. The first-order chi connectivity index (χ1) is 11.1. The lowest BCUT2D eigenvalue weighted by Gasteiger charge is -2.17. The number of nitrogens with zero attached hydrogens (tertiary/aromatic N) is 2. The van der Waals surface area contributed by atoms with Gasteiger partial charge in [-0.1, -0.05) is 18.2 Å². The molecule has 1 N–H and O–H groups in total. The van der Waals surface area contributed by atoms with Crippen LogP contribution in [0.15, 0.2) is 42.6 Å². The molecule has 23 heavy (non-hydrogen) atoms. The Balaban J connectivity index is 1.74. The zero-order chi connectivity index (χ0) is 16.4. The summed E-state index contributed by atoms with van der Waals surface area (Å²) in [6, 6.07) is 9.69. The molecule has 6 heteroatoms. The molecule has 0 radical (unpaired) electrons. The van der Waals surface area contributed by atoms with Crippen LogP contribution in [0.4, 0.5) is 15.9 Å². The van der Waals surface area contributed by atoms with E-state index in [9.17, 15) is 14.0 Å². The van der Waals surface area contributed by atoms with Gasteiger partial charge in [0.05, 0.1) is 11.6 Å². The van der Waals surface area contributed by atoms with Gasteiger partial charge in [0.25, 0.3) is 0 Å². The van der Waals surface area contributed by atoms with Gasteiger partial charge in [0, 0.05) is 19.2 Å². The lowest BCUT2D eigenvalue weighted by molar-refractivity contribution is -0.122. The van der Waals surface area contributed by atoms with Crippen molar-refractivity contribution in [2.75, 3.05) is 16.8 Å². The van der Waals surface area contributed by atoms with Gasteiger partial charge in [-0.05, 0) is 30.7 Å².